The number of anilines is 3. The fourth-order valence-corrected chi connectivity index (χ4v) is 4.53. The Morgan fingerprint density at radius 1 is 0.946 bits per heavy atom. The number of hydrogen-bond acceptors (Lipinski definition) is 6. The number of piperidine rings is 1. The van der Waals surface area contributed by atoms with Crippen LogP contribution in [0.1, 0.15) is 41.3 Å². The number of nitrogens with zero attached hydrogens (tertiary/aromatic N) is 1. The van der Waals surface area contributed by atoms with Crippen LogP contribution in [0.3, 0.4) is 0 Å². The number of methoxy groups -OCH3 is 1. The Morgan fingerprint density at radius 3 is 2.24 bits per heavy atom. The molecule has 0 aromatic heterocycles. The van der Waals surface area contributed by atoms with E-state index in [1.807, 2.05) is 24.3 Å². The summed E-state index contributed by atoms with van der Waals surface area (Å²) in [6, 6.07) is 19.7. The number of nitrogen functional groups attached to an aromatic ring is 1. The molecule has 3 aromatic carbocycles. The van der Waals surface area contributed by atoms with Crippen molar-refractivity contribution < 1.29 is 19.1 Å². The highest BCUT2D eigenvalue weighted by Gasteiger charge is 2.27. The zero-order valence-electron chi connectivity index (χ0n) is 21.1. The zero-order chi connectivity index (χ0) is 26.4. The van der Waals surface area contributed by atoms with Crippen LogP contribution < -0.4 is 21.1 Å². The molecular weight excluding hydrogens is 468 g/mol. The monoisotopic (exact) mass is 500 g/mol. The number of nitrogens with one attached hydrogen (secondary N) is 2. The quantitative estimate of drug-likeness (QED) is 0.314. The van der Waals surface area contributed by atoms with Gasteiger partial charge in [-0.05, 0) is 80.0 Å². The van der Waals surface area contributed by atoms with Crippen LogP contribution in [0.4, 0.5) is 17.1 Å². The number of para-hydroxylation sites is 1. The predicted molar refractivity (Wildman–Crippen MR) is 145 cm³/mol. The number of rotatable bonds is 8. The van der Waals surface area contributed by atoms with E-state index < -0.39 is 0 Å². The van der Waals surface area contributed by atoms with Crippen LogP contribution in [-0.4, -0.2) is 42.7 Å². The highest BCUT2D eigenvalue weighted by Crippen LogP contribution is 2.29. The van der Waals surface area contributed by atoms with Crippen LogP contribution in [0.15, 0.2) is 66.7 Å². The molecule has 0 bridgehead atoms. The van der Waals surface area contributed by atoms with Crippen molar-refractivity contribution in [1.29, 1.82) is 0 Å². The summed E-state index contributed by atoms with van der Waals surface area (Å²) in [7, 11) is 1.57. The molecule has 1 aliphatic rings. The average Bonchev–Trinajstić information content (AvgIpc) is 2.90. The number of amides is 2. The van der Waals surface area contributed by atoms with Crippen molar-refractivity contribution in [3.8, 4) is 5.75 Å². The van der Waals surface area contributed by atoms with E-state index in [9.17, 15) is 14.4 Å². The molecule has 0 spiro atoms. The Labute approximate surface area is 216 Å². The van der Waals surface area contributed by atoms with Crippen LogP contribution >= 0.6 is 0 Å². The number of nitrogens with two attached hydrogens (primary N) is 1. The Kier molecular flexibility index (Phi) is 8.20. The SMILES string of the molecule is COc1ccc(C(=O)c2cccc(N)c2NC(=O)C2CCN(Cc3ccc(NC(C)=O)cc3)CC2)cc1. The van der Waals surface area contributed by atoms with Crippen LogP contribution in [0, 0.1) is 5.92 Å². The minimum Gasteiger partial charge on any atom is -0.497 e. The maximum absolute atomic E-state index is 13.2. The van der Waals surface area contributed by atoms with Crippen LogP contribution in [0.5, 0.6) is 5.75 Å². The van der Waals surface area contributed by atoms with Gasteiger partial charge in [0.15, 0.2) is 5.78 Å². The lowest BCUT2D eigenvalue weighted by molar-refractivity contribution is -0.121. The third-order valence-electron chi connectivity index (χ3n) is 6.58. The van der Waals surface area contributed by atoms with E-state index in [4.69, 9.17) is 10.5 Å². The first-order chi connectivity index (χ1) is 17.8. The number of carbonyl (C=O) groups is 3. The Morgan fingerprint density at radius 2 is 1.62 bits per heavy atom. The average molecular weight is 501 g/mol. The van der Waals surface area contributed by atoms with Gasteiger partial charge in [0, 0.05) is 36.2 Å². The van der Waals surface area contributed by atoms with Crippen molar-refractivity contribution in [3.63, 3.8) is 0 Å². The number of benzene rings is 3. The summed E-state index contributed by atoms with van der Waals surface area (Å²) in [5.74, 6) is 0.0566. The number of ketones is 1. The highest BCUT2D eigenvalue weighted by molar-refractivity contribution is 6.15. The standard InChI is InChI=1S/C29H32N4O4/c1-19(34)31-23-10-6-20(7-11-23)18-33-16-14-22(15-17-33)29(36)32-27-25(4-3-5-26(27)30)28(35)21-8-12-24(37-2)13-9-21/h3-13,22H,14-18,30H2,1-2H3,(H,31,34)(H,32,36). The second-order valence-electron chi connectivity index (χ2n) is 9.25. The summed E-state index contributed by atoms with van der Waals surface area (Å²) in [6.45, 7) is 3.83. The van der Waals surface area contributed by atoms with Gasteiger partial charge in [0.05, 0.1) is 18.5 Å². The molecule has 0 radical (unpaired) electrons. The van der Waals surface area contributed by atoms with Gasteiger partial charge in [-0.1, -0.05) is 18.2 Å². The lowest BCUT2D eigenvalue weighted by atomic mass is 9.94. The molecule has 1 fully saturated rings. The molecule has 1 aliphatic heterocycles. The molecule has 1 saturated heterocycles. The molecule has 3 aromatic rings. The molecule has 8 nitrogen and oxygen atoms in total. The number of carbonyl (C=O) groups excluding carboxylic acids is 3. The molecule has 0 unspecified atom stereocenters. The van der Waals surface area contributed by atoms with Gasteiger partial charge >= 0.3 is 0 Å². The fourth-order valence-electron chi connectivity index (χ4n) is 4.53. The van der Waals surface area contributed by atoms with Crippen molar-refractivity contribution in [2.75, 3.05) is 36.6 Å². The van der Waals surface area contributed by atoms with Crippen LogP contribution in [0.25, 0.3) is 0 Å². The van der Waals surface area contributed by atoms with Crippen LogP contribution in [0.2, 0.25) is 0 Å². The normalized spacial score (nSPS) is 14.1. The van der Waals surface area contributed by atoms with E-state index in [0.29, 0.717) is 41.1 Å². The molecule has 2 amide bonds. The molecule has 37 heavy (non-hydrogen) atoms. The van der Waals surface area contributed by atoms with Crippen LogP contribution in [-0.2, 0) is 16.1 Å². The zero-order valence-corrected chi connectivity index (χ0v) is 21.1. The molecule has 8 heteroatoms. The highest BCUT2D eigenvalue weighted by atomic mass is 16.5. The first-order valence-corrected chi connectivity index (χ1v) is 12.3. The molecule has 0 atom stereocenters. The van der Waals surface area contributed by atoms with Gasteiger partial charge in [0.25, 0.3) is 0 Å². The summed E-state index contributed by atoms with van der Waals surface area (Å²) < 4.78 is 5.17. The first kappa shape index (κ1) is 25.9. The summed E-state index contributed by atoms with van der Waals surface area (Å²) >= 11 is 0. The third kappa shape index (κ3) is 6.54. The second kappa shape index (κ2) is 11.7. The van der Waals surface area contributed by atoms with E-state index in [0.717, 1.165) is 30.9 Å². The lowest BCUT2D eigenvalue weighted by Gasteiger charge is -2.31. The van der Waals surface area contributed by atoms with Gasteiger partial charge in [-0.15, -0.1) is 0 Å². The van der Waals surface area contributed by atoms with E-state index in [1.54, 1.807) is 49.6 Å². The van der Waals surface area contributed by atoms with Crippen molar-refractivity contribution >= 4 is 34.7 Å². The predicted octanol–water partition coefficient (Wildman–Crippen LogP) is 4.32. The number of likely N-dealkylation sites (tertiary alicyclic amines) is 1. The largest absolute Gasteiger partial charge is 0.497 e. The minimum absolute atomic E-state index is 0.0948. The van der Waals surface area contributed by atoms with Gasteiger partial charge in [-0.2, -0.15) is 0 Å². The van der Waals surface area contributed by atoms with E-state index in [1.165, 1.54) is 6.92 Å². The van der Waals surface area contributed by atoms with Crippen molar-refractivity contribution in [1.82, 2.24) is 4.90 Å². The minimum atomic E-state index is -0.218. The molecule has 4 N–H and O–H groups in total. The Balaban J connectivity index is 1.36. The van der Waals surface area contributed by atoms with E-state index >= 15 is 0 Å². The van der Waals surface area contributed by atoms with Crippen molar-refractivity contribution in [2.45, 2.75) is 26.3 Å². The van der Waals surface area contributed by atoms with Gasteiger partial charge in [0.1, 0.15) is 5.75 Å². The molecule has 4 rings (SSSR count). The molecular formula is C29H32N4O4. The number of hydrogen-bond donors (Lipinski definition) is 3. The smallest absolute Gasteiger partial charge is 0.227 e. The van der Waals surface area contributed by atoms with Gasteiger partial charge < -0.3 is 21.1 Å². The molecule has 0 aliphatic carbocycles. The van der Waals surface area contributed by atoms with Gasteiger partial charge in [-0.25, -0.2) is 0 Å². The topological polar surface area (TPSA) is 114 Å². The van der Waals surface area contributed by atoms with Crippen molar-refractivity contribution in [2.24, 2.45) is 5.92 Å². The van der Waals surface area contributed by atoms with Crippen molar-refractivity contribution in [3.05, 3.63) is 83.4 Å². The Bertz CT molecular complexity index is 1260. The summed E-state index contributed by atoms with van der Waals surface area (Å²) in [5.41, 5.74) is 9.67. The summed E-state index contributed by atoms with van der Waals surface area (Å²) in [4.78, 5) is 39.9. The maximum Gasteiger partial charge on any atom is 0.227 e. The second-order valence-corrected chi connectivity index (χ2v) is 9.25. The maximum atomic E-state index is 13.2. The molecule has 192 valence electrons. The third-order valence-corrected chi connectivity index (χ3v) is 6.58. The van der Waals surface area contributed by atoms with E-state index in [-0.39, 0.29) is 23.5 Å². The lowest BCUT2D eigenvalue weighted by Crippen LogP contribution is -2.38. The van der Waals surface area contributed by atoms with Gasteiger partial charge in [0.2, 0.25) is 11.8 Å². The van der Waals surface area contributed by atoms with Gasteiger partial charge in [-0.3, -0.25) is 19.3 Å². The molecule has 1 heterocycles. The Hall–Kier alpha value is -4.17. The summed E-state index contributed by atoms with van der Waals surface area (Å²) in [5, 5.41) is 5.72. The number of ether oxygens (including phenoxy) is 1. The summed E-state index contributed by atoms with van der Waals surface area (Å²) in [6.07, 6.45) is 1.43. The fraction of sp³-hybridized carbons (Fsp3) is 0.276. The molecule has 0 saturated carbocycles. The van der Waals surface area contributed by atoms with E-state index in [2.05, 4.69) is 15.5 Å². The first-order valence-electron chi connectivity index (χ1n) is 12.3.